The van der Waals surface area contributed by atoms with Crippen LogP contribution in [0.1, 0.15) is 67.4 Å². The molecule has 0 N–H and O–H groups in total. The average Bonchev–Trinajstić information content (AvgIpc) is 4.21. The fourth-order valence-corrected chi connectivity index (χ4v) is 7.04. The van der Waals surface area contributed by atoms with Gasteiger partial charge < -0.3 is 4.42 Å². The maximum absolute atomic E-state index is 10.2. The van der Waals surface area contributed by atoms with Crippen molar-refractivity contribution < 1.29 is 46.9 Å². The second kappa shape index (κ2) is 10.8. The van der Waals surface area contributed by atoms with Gasteiger partial charge in [0, 0.05) is 20.3 Å². The Balaban J connectivity index is 1.43. The summed E-state index contributed by atoms with van der Waals surface area (Å²) in [7, 11) is 0. The number of furan rings is 1. The number of hydrogen-bond donors (Lipinski definition) is 0. The van der Waals surface area contributed by atoms with Gasteiger partial charge in [0.1, 0.15) is 11.2 Å². The Bertz CT molecular complexity index is 4740. The molecular weight excluding hydrogens is 629 g/mol. The van der Waals surface area contributed by atoms with E-state index in [0.717, 1.165) is 6.92 Å². The molecule has 11 rings (SSSR count). The van der Waals surface area contributed by atoms with Gasteiger partial charge in [-0.05, 0) is 112 Å². The van der Waals surface area contributed by atoms with Crippen molar-refractivity contribution in [1.82, 2.24) is 0 Å². The molecule has 0 aliphatic heterocycles. The summed E-state index contributed by atoms with van der Waals surface area (Å²) in [6.45, 7) is -2.29. The lowest BCUT2D eigenvalue weighted by Gasteiger charge is -2.21. The summed E-state index contributed by atoms with van der Waals surface area (Å²) >= 11 is 0. The van der Waals surface area contributed by atoms with Crippen molar-refractivity contribution in [1.29, 1.82) is 0 Å². The molecule has 0 fully saturated rings. The quantitative estimate of drug-likeness (QED) is 0.168. The SMILES string of the molecule is [2H]c1c([2H])c(-c2c([2H])c([2H])c([2H])c3c2-c2c([2H])c([2H])c([2H])c([2H])c2C3(C)C([2H])([2H])[2H])c([2H])c(-c2c3c([2H])c([2H])c([2H])c([2H])c3c(-c3c([2H])c([2H])c([2H])c4oc5c([2H])c6c([2H])c([2H])c([2H])c([2H])c6c([2H])c5c34)c3c([2H])c([2H])c([2H])c([2H])c23)c1[2H]. The van der Waals surface area contributed by atoms with Crippen molar-refractivity contribution in [3.05, 3.63) is 180 Å². The van der Waals surface area contributed by atoms with E-state index in [2.05, 4.69) is 0 Å². The third-order valence-electron chi connectivity index (χ3n) is 9.26. The largest absolute Gasteiger partial charge is 0.456 e. The molecule has 0 radical (unpaired) electrons. The highest BCUT2D eigenvalue weighted by atomic mass is 16.3. The second-order valence-electron chi connectivity index (χ2n) is 12.1. The van der Waals surface area contributed by atoms with Gasteiger partial charge in [0.05, 0.1) is 38.4 Å². The van der Waals surface area contributed by atoms with E-state index >= 15 is 0 Å². The molecular formula is C51H34O. The van der Waals surface area contributed by atoms with Crippen molar-refractivity contribution in [2.45, 2.75) is 19.2 Å². The maximum atomic E-state index is 10.2. The minimum absolute atomic E-state index is 0.512. The van der Waals surface area contributed by atoms with Crippen molar-refractivity contribution in [3.63, 3.8) is 0 Å². The lowest BCUT2D eigenvalue weighted by Crippen LogP contribution is -2.14. The molecule has 1 heterocycles. The molecule has 1 nitrogen and oxygen atoms in total. The van der Waals surface area contributed by atoms with Gasteiger partial charge in [-0.25, -0.2) is 0 Å². The van der Waals surface area contributed by atoms with E-state index in [1.165, 1.54) is 0 Å². The Morgan fingerprint density at radius 3 is 1.79 bits per heavy atom. The predicted octanol–water partition coefficient (Wildman–Crippen LogP) is 14.4. The predicted molar refractivity (Wildman–Crippen MR) is 220 cm³/mol. The van der Waals surface area contributed by atoms with Crippen LogP contribution in [-0.4, -0.2) is 0 Å². The van der Waals surface area contributed by atoms with E-state index in [0.29, 0.717) is 0 Å². The number of benzene rings is 9. The van der Waals surface area contributed by atoms with Crippen LogP contribution in [0, 0.1) is 0 Å². The van der Waals surface area contributed by atoms with Crippen LogP contribution in [0.3, 0.4) is 0 Å². The fraction of sp³-hybridized carbons (Fsp3) is 0.0588. The van der Waals surface area contributed by atoms with Gasteiger partial charge in [-0.2, -0.15) is 0 Å². The first-order valence-electron chi connectivity index (χ1n) is 31.2. The van der Waals surface area contributed by atoms with Crippen molar-refractivity contribution in [2.24, 2.45) is 0 Å². The van der Waals surface area contributed by atoms with E-state index < -0.39 is 291 Å². The Morgan fingerprint density at radius 1 is 0.442 bits per heavy atom. The van der Waals surface area contributed by atoms with Gasteiger partial charge in [-0.3, -0.25) is 0 Å². The number of fused-ring (bicyclic) bond motifs is 9. The Morgan fingerprint density at radius 2 is 1.02 bits per heavy atom. The van der Waals surface area contributed by atoms with Crippen molar-refractivity contribution in [3.8, 4) is 44.5 Å². The van der Waals surface area contributed by atoms with Crippen LogP contribution in [0.2, 0.25) is 0 Å². The molecule has 1 unspecified atom stereocenters. The smallest absolute Gasteiger partial charge is 0.136 e. The van der Waals surface area contributed by atoms with E-state index in [1.807, 2.05) is 0 Å². The van der Waals surface area contributed by atoms with E-state index in [9.17, 15) is 17.8 Å². The normalized spacial score (nSPS) is 23.8. The first-order valence-corrected chi connectivity index (χ1v) is 15.7. The minimum atomic E-state index is -3.31. The highest BCUT2D eigenvalue weighted by Gasteiger charge is 2.36. The molecule has 9 aromatic carbocycles. The van der Waals surface area contributed by atoms with Crippen molar-refractivity contribution in [2.75, 3.05) is 0 Å². The molecule has 10 aromatic rings. The molecule has 0 saturated heterocycles. The molecule has 0 saturated carbocycles. The van der Waals surface area contributed by atoms with E-state index in [-0.39, 0.29) is 0 Å². The zero-order valence-corrected chi connectivity index (χ0v) is 26.4. The van der Waals surface area contributed by atoms with Gasteiger partial charge in [-0.1, -0.05) is 159 Å². The first-order chi connectivity index (χ1) is 38.5. The van der Waals surface area contributed by atoms with E-state index in [1.54, 1.807) is 0 Å². The number of rotatable bonds is 3. The molecule has 1 heteroatoms. The topological polar surface area (TPSA) is 13.1 Å². The summed E-state index contributed by atoms with van der Waals surface area (Å²) in [5.41, 5.74) is -11.6. The molecule has 244 valence electrons. The van der Waals surface area contributed by atoms with Crippen LogP contribution < -0.4 is 0 Å². The average molecular weight is 694 g/mol. The van der Waals surface area contributed by atoms with Crippen LogP contribution in [0.15, 0.2) is 174 Å². The van der Waals surface area contributed by atoms with Gasteiger partial charge in [0.2, 0.25) is 0 Å². The lowest BCUT2D eigenvalue weighted by molar-refractivity contribution is 0.660. The van der Waals surface area contributed by atoms with Gasteiger partial charge in [0.15, 0.2) is 0 Å². The second-order valence-corrected chi connectivity index (χ2v) is 12.1. The molecule has 52 heavy (non-hydrogen) atoms. The standard InChI is InChI=1S/C51H34O/c1-51(2)43-25-10-9-22-40(43)49-35(23-12-26-44(49)51)33-16-11-17-34(28-33)47-36-18-5-7-20-38(36)48(39-21-8-6-19-37(39)47)41-24-13-27-45-50(41)42-29-31-14-3-4-15-32(31)30-46(42)52-45/h3-30H,1-2H3/i1D3,3D,4D,5D,6D,7D,8D,9D,10D,11D,12D,13D,14D,15D,16D,17D,18D,19D,20D,21D,22D,23D,24D,25D,26D,27D,28D,29D,30D. The van der Waals surface area contributed by atoms with Gasteiger partial charge in [0.25, 0.3) is 0 Å². The first kappa shape index (κ1) is 12.1. The monoisotopic (exact) mass is 693 g/mol. The Labute approximate surface area is 346 Å². The summed E-state index contributed by atoms with van der Waals surface area (Å²) in [6.07, 6.45) is 0. The third-order valence-corrected chi connectivity index (χ3v) is 9.26. The summed E-state index contributed by atoms with van der Waals surface area (Å²) < 4.78 is 290. The van der Waals surface area contributed by atoms with Crippen LogP contribution >= 0.6 is 0 Å². The molecule has 1 atom stereocenters. The summed E-state index contributed by atoms with van der Waals surface area (Å²) in [5.74, 6) is 0. The number of hydrogen-bond acceptors (Lipinski definition) is 1. The summed E-state index contributed by atoms with van der Waals surface area (Å²) in [4.78, 5) is 0. The highest BCUT2D eigenvalue weighted by Crippen LogP contribution is 2.53. The maximum Gasteiger partial charge on any atom is 0.136 e. The highest BCUT2D eigenvalue weighted by molar-refractivity contribution is 6.26. The zero-order valence-electron chi connectivity index (χ0n) is 57.4. The van der Waals surface area contributed by atoms with Crippen molar-refractivity contribution >= 4 is 54.3 Å². The van der Waals surface area contributed by atoms with Gasteiger partial charge >= 0.3 is 0 Å². The molecule has 0 bridgehead atoms. The Hall–Kier alpha value is -6.44. The minimum Gasteiger partial charge on any atom is -0.456 e. The van der Waals surface area contributed by atoms with Crippen LogP contribution in [0.4, 0.5) is 0 Å². The zero-order chi connectivity index (χ0) is 61.4. The fourth-order valence-electron chi connectivity index (χ4n) is 7.04. The van der Waals surface area contributed by atoms with Crippen LogP contribution in [-0.2, 0) is 5.41 Å². The molecule has 1 aromatic heterocycles. The molecule has 0 spiro atoms. The van der Waals surface area contributed by atoms with E-state index in [4.69, 9.17) is 29.1 Å². The molecule has 1 aliphatic rings. The summed E-state index contributed by atoms with van der Waals surface area (Å²) in [5, 5.41) is -5.48. The van der Waals surface area contributed by atoms with Gasteiger partial charge in [-0.15, -0.1) is 0 Å². The summed E-state index contributed by atoms with van der Waals surface area (Å²) in [6, 6.07) is -27.5. The lowest BCUT2D eigenvalue weighted by atomic mass is 9.81. The molecule has 1 aliphatic carbocycles. The van der Waals surface area contributed by atoms with Crippen LogP contribution in [0.25, 0.3) is 98.8 Å². The molecule has 0 amide bonds. The Kier molecular flexibility index (Phi) is 2.50. The third kappa shape index (κ3) is 4.05. The van der Waals surface area contributed by atoms with Crippen LogP contribution in [0.5, 0.6) is 0 Å².